The lowest BCUT2D eigenvalue weighted by molar-refractivity contribution is -0.315. The van der Waals surface area contributed by atoms with Crippen LogP contribution in [0.2, 0.25) is 0 Å². The van der Waals surface area contributed by atoms with E-state index in [1.807, 2.05) is 0 Å². The average molecular weight is 305 g/mol. The average Bonchev–Trinajstić information content (AvgIpc) is 2.88. The van der Waals surface area contributed by atoms with Crippen molar-refractivity contribution >= 4 is 13.5 Å². The van der Waals surface area contributed by atoms with Crippen molar-refractivity contribution in [1.82, 2.24) is 9.55 Å². The second-order valence-corrected chi connectivity index (χ2v) is 6.00. The molecule has 10 nitrogen and oxygen atoms in total. The highest BCUT2D eigenvalue weighted by atomic mass is 31.2. The van der Waals surface area contributed by atoms with Crippen molar-refractivity contribution in [2.24, 2.45) is 5.73 Å². The topological polar surface area (TPSA) is 174 Å². The Kier molecular flexibility index (Phi) is 3.96. The number of nitrogens with zero attached hydrogens (tertiary/aromatic N) is 2. The third kappa shape index (κ3) is 3.06. The molecule has 20 heavy (non-hydrogen) atoms. The lowest BCUT2D eigenvalue weighted by atomic mass is 10.1. The van der Waals surface area contributed by atoms with Crippen molar-refractivity contribution in [3.63, 3.8) is 0 Å². The number of imidazole rings is 1. The van der Waals surface area contributed by atoms with E-state index in [0.29, 0.717) is 0 Å². The number of ether oxygens (including phenoxy) is 1. The summed E-state index contributed by atoms with van der Waals surface area (Å²) in [6.45, 7) is 0. The fraction of sp³-hybridized carbons (Fsp3) is 0.556. The summed E-state index contributed by atoms with van der Waals surface area (Å²) < 4.78 is 17.0. The number of amides is 1. The monoisotopic (exact) mass is 305 g/mol. The minimum absolute atomic E-state index is 0.0861. The van der Waals surface area contributed by atoms with E-state index in [1.165, 1.54) is 6.20 Å². The van der Waals surface area contributed by atoms with Gasteiger partial charge < -0.3 is 39.6 Å². The number of carbonyl (C=O) groups is 1. The number of carbonyl (C=O) groups excluding carboxylic acids is 1. The number of rotatable bonds is 4. The van der Waals surface area contributed by atoms with Gasteiger partial charge in [-0.3, -0.25) is 4.79 Å². The largest absolute Gasteiger partial charge is 0.811 e. The Morgan fingerprint density at radius 3 is 2.65 bits per heavy atom. The quantitative estimate of drug-likeness (QED) is 0.480. The van der Waals surface area contributed by atoms with Crippen molar-refractivity contribution in [1.29, 1.82) is 0 Å². The summed E-state index contributed by atoms with van der Waals surface area (Å²) in [5.74, 6) is -0.794. The van der Waals surface area contributed by atoms with Gasteiger partial charge in [0.05, 0.1) is 12.4 Å². The number of nitrogens with two attached hydrogens (primary N) is 1. The van der Waals surface area contributed by atoms with Crippen LogP contribution in [0.5, 0.6) is 0 Å². The third-order valence-electron chi connectivity index (χ3n) is 2.89. The van der Waals surface area contributed by atoms with E-state index in [-0.39, 0.29) is 5.69 Å². The summed E-state index contributed by atoms with van der Waals surface area (Å²) in [5, 5.41) is 19.5. The Hall–Kier alpha value is -1.29. The molecule has 0 radical (unpaired) electrons. The predicted molar refractivity (Wildman–Crippen MR) is 59.1 cm³/mol. The maximum Gasteiger partial charge on any atom is 0.268 e. The molecule has 1 aliphatic rings. The highest BCUT2D eigenvalue weighted by molar-refractivity contribution is 7.48. The standard InChI is InChI=1S/C9H14N3O7P/c10-8(15)4-1-12(3-11-4)9-7(14)6(13)5(19-9)2-20(16,17)18/h1,3,5-7,9,13-14H,2H2,(H2,10,15)(H2,16,17,18)/p-2. The lowest BCUT2D eigenvalue weighted by Crippen LogP contribution is -2.35. The Morgan fingerprint density at radius 2 is 2.15 bits per heavy atom. The molecular weight excluding hydrogens is 293 g/mol. The fourth-order valence-corrected chi connectivity index (χ4v) is 2.69. The molecule has 4 atom stereocenters. The van der Waals surface area contributed by atoms with Gasteiger partial charge in [0.25, 0.3) is 5.91 Å². The Balaban J connectivity index is 2.17. The molecule has 1 amide bonds. The molecule has 11 heteroatoms. The van der Waals surface area contributed by atoms with Crippen LogP contribution in [0.1, 0.15) is 16.7 Å². The molecule has 0 aliphatic carbocycles. The van der Waals surface area contributed by atoms with Crippen LogP contribution in [0.25, 0.3) is 0 Å². The smallest absolute Gasteiger partial charge is 0.268 e. The van der Waals surface area contributed by atoms with Crippen LogP contribution < -0.4 is 15.5 Å². The molecule has 2 heterocycles. The molecule has 0 bridgehead atoms. The van der Waals surface area contributed by atoms with Crippen LogP contribution in [0.4, 0.5) is 0 Å². The molecule has 4 N–H and O–H groups in total. The second kappa shape index (κ2) is 5.24. The molecule has 1 aliphatic heterocycles. The van der Waals surface area contributed by atoms with Crippen LogP contribution >= 0.6 is 7.60 Å². The van der Waals surface area contributed by atoms with Gasteiger partial charge in [0.15, 0.2) is 6.23 Å². The van der Waals surface area contributed by atoms with Gasteiger partial charge in [-0.25, -0.2) is 4.98 Å². The number of hydrogen-bond donors (Lipinski definition) is 3. The molecule has 1 aromatic rings. The van der Waals surface area contributed by atoms with E-state index in [4.69, 9.17) is 10.5 Å². The first kappa shape index (κ1) is 15.1. The normalized spacial score (nSPS) is 30.6. The summed E-state index contributed by atoms with van der Waals surface area (Å²) in [5.41, 5.74) is 4.93. The first-order valence-corrected chi connectivity index (χ1v) is 7.28. The molecule has 0 aromatic carbocycles. The summed E-state index contributed by atoms with van der Waals surface area (Å²) in [4.78, 5) is 35.9. The van der Waals surface area contributed by atoms with Gasteiger partial charge in [-0.2, -0.15) is 0 Å². The first-order valence-electron chi connectivity index (χ1n) is 5.55. The minimum atomic E-state index is -4.90. The molecule has 1 saturated heterocycles. The molecule has 112 valence electrons. The molecule has 0 spiro atoms. The maximum atomic E-state index is 10.9. The van der Waals surface area contributed by atoms with Crippen molar-refractivity contribution in [3.05, 3.63) is 18.2 Å². The SMILES string of the molecule is NC(=O)c1cn(C2OC(CP(=O)([O-])[O-])C(O)C2O)cn1. The van der Waals surface area contributed by atoms with Gasteiger partial charge in [0.1, 0.15) is 17.9 Å². The van der Waals surface area contributed by atoms with Crippen LogP contribution in [-0.4, -0.2) is 50.1 Å². The molecular formula is C9H12N3O7P-2. The predicted octanol–water partition coefficient (Wildman–Crippen LogP) is -3.49. The third-order valence-corrected chi connectivity index (χ3v) is 3.70. The van der Waals surface area contributed by atoms with E-state index in [1.54, 1.807) is 0 Å². The summed E-state index contributed by atoms with van der Waals surface area (Å²) in [7, 11) is -4.90. The van der Waals surface area contributed by atoms with Gasteiger partial charge in [-0.1, -0.05) is 7.60 Å². The number of hydrogen-bond acceptors (Lipinski definition) is 8. The number of aliphatic hydroxyl groups excluding tert-OH is 2. The van der Waals surface area contributed by atoms with Gasteiger partial charge >= 0.3 is 0 Å². The van der Waals surface area contributed by atoms with Crippen molar-refractivity contribution in [2.75, 3.05) is 6.16 Å². The van der Waals surface area contributed by atoms with Crippen molar-refractivity contribution in [3.8, 4) is 0 Å². The van der Waals surface area contributed by atoms with Crippen LogP contribution in [0, 0.1) is 0 Å². The van der Waals surface area contributed by atoms with Gasteiger partial charge in [-0.05, 0) is 0 Å². The summed E-state index contributed by atoms with van der Waals surface area (Å²) in [6.07, 6.45) is -4.16. The zero-order chi connectivity index (χ0) is 15.1. The Bertz CT molecular complexity index is 555. The number of primary amides is 1. The van der Waals surface area contributed by atoms with Gasteiger partial charge in [0, 0.05) is 12.4 Å². The Morgan fingerprint density at radius 1 is 1.50 bits per heavy atom. The van der Waals surface area contributed by atoms with E-state index in [0.717, 1.165) is 10.9 Å². The zero-order valence-electron chi connectivity index (χ0n) is 10.0. The van der Waals surface area contributed by atoms with Crippen molar-refractivity contribution < 1.29 is 34.1 Å². The van der Waals surface area contributed by atoms with Crippen LogP contribution in [0.15, 0.2) is 12.5 Å². The van der Waals surface area contributed by atoms with Crippen LogP contribution in [0.3, 0.4) is 0 Å². The van der Waals surface area contributed by atoms with E-state index < -0.39 is 44.2 Å². The molecule has 1 fully saturated rings. The van der Waals surface area contributed by atoms with Gasteiger partial charge in [0.2, 0.25) is 0 Å². The number of aliphatic hydroxyl groups is 2. The van der Waals surface area contributed by atoms with E-state index in [2.05, 4.69) is 4.98 Å². The van der Waals surface area contributed by atoms with Crippen LogP contribution in [-0.2, 0) is 9.30 Å². The summed E-state index contributed by atoms with van der Waals surface area (Å²) >= 11 is 0. The maximum absolute atomic E-state index is 10.9. The first-order chi connectivity index (χ1) is 9.19. The van der Waals surface area contributed by atoms with E-state index >= 15 is 0 Å². The lowest BCUT2D eigenvalue weighted by Gasteiger charge is -2.32. The number of aromatic nitrogens is 2. The Labute approximate surface area is 113 Å². The van der Waals surface area contributed by atoms with E-state index in [9.17, 15) is 29.4 Å². The molecule has 1 aromatic heterocycles. The van der Waals surface area contributed by atoms with Crippen molar-refractivity contribution in [2.45, 2.75) is 24.5 Å². The highest BCUT2D eigenvalue weighted by Gasteiger charge is 2.43. The molecule has 2 rings (SSSR count). The zero-order valence-corrected chi connectivity index (χ0v) is 10.9. The molecule has 4 unspecified atom stereocenters. The van der Waals surface area contributed by atoms with Gasteiger partial charge in [-0.15, -0.1) is 0 Å². The fourth-order valence-electron chi connectivity index (χ4n) is 1.95. The highest BCUT2D eigenvalue weighted by Crippen LogP contribution is 2.35. The summed E-state index contributed by atoms with van der Waals surface area (Å²) in [6, 6.07) is 0. The molecule has 0 saturated carbocycles. The second-order valence-electron chi connectivity index (χ2n) is 4.41. The minimum Gasteiger partial charge on any atom is -0.811 e.